The fourth-order valence-electron chi connectivity index (χ4n) is 2.51. The minimum atomic E-state index is -0.485. The van der Waals surface area contributed by atoms with Crippen molar-refractivity contribution in [2.24, 2.45) is 0 Å². The molecular formula is C18H18N4O3. The van der Waals surface area contributed by atoms with E-state index in [0.29, 0.717) is 22.6 Å². The van der Waals surface area contributed by atoms with Crippen molar-refractivity contribution in [2.45, 2.75) is 26.2 Å². The molecule has 1 aromatic carbocycles. The normalized spacial score (nSPS) is 13.8. The van der Waals surface area contributed by atoms with Crippen molar-refractivity contribution in [2.75, 3.05) is 11.9 Å². The molecule has 7 nitrogen and oxygen atoms in total. The predicted octanol–water partition coefficient (Wildman–Crippen LogP) is 2.01. The topological polar surface area (TPSA) is 92.3 Å². The second kappa shape index (κ2) is 6.08. The number of hydrogen-bond acceptors (Lipinski definition) is 5. The molecule has 2 heterocycles. The summed E-state index contributed by atoms with van der Waals surface area (Å²) in [5, 5.41) is 2.61. The third kappa shape index (κ3) is 3.26. The zero-order valence-corrected chi connectivity index (χ0v) is 14.2. The van der Waals surface area contributed by atoms with E-state index in [1.54, 1.807) is 24.3 Å². The Morgan fingerprint density at radius 2 is 1.56 bits per heavy atom. The van der Waals surface area contributed by atoms with Gasteiger partial charge in [-0.2, -0.15) is 0 Å². The van der Waals surface area contributed by atoms with E-state index in [1.165, 1.54) is 12.4 Å². The summed E-state index contributed by atoms with van der Waals surface area (Å²) in [4.78, 5) is 46.1. The van der Waals surface area contributed by atoms with E-state index in [9.17, 15) is 14.4 Å². The zero-order valence-electron chi connectivity index (χ0n) is 14.2. The second-order valence-electron chi connectivity index (χ2n) is 6.84. The van der Waals surface area contributed by atoms with Crippen LogP contribution in [0.3, 0.4) is 0 Å². The largest absolute Gasteiger partial charge is 0.322 e. The maximum Gasteiger partial charge on any atom is 0.262 e. The van der Waals surface area contributed by atoms with E-state index >= 15 is 0 Å². The van der Waals surface area contributed by atoms with Gasteiger partial charge in [0, 0.05) is 5.41 Å². The summed E-state index contributed by atoms with van der Waals surface area (Å²) in [6.07, 6.45) is 3.02. The van der Waals surface area contributed by atoms with Crippen molar-refractivity contribution in [1.29, 1.82) is 0 Å². The van der Waals surface area contributed by atoms with Gasteiger partial charge in [-0.05, 0) is 12.1 Å². The van der Waals surface area contributed by atoms with Crippen LogP contribution in [0.25, 0.3) is 0 Å². The van der Waals surface area contributed by atoms with Gasteiger partial charge < -0.3 is 5.32 Å². The number of rotatable bonds is 3. The summed E-state index contributed by atoms with van der Waals surface area (Å²) < 4.78 is 0. The van der Waals surface area contributed by atoms with E-state index < -0.39 is 17.7 Å². The average Bonchev–Trinajstić information content (AvgIpc) is 2.80. The third-order valence-electron chi connectivity index (χ3n) is 3.79. The summed E-state index contributed by atoms with van der Waals surface area (Å²) >= 11 is 0. The lowest BCUT2D eigenvalue weighted by Gasteiger charge is -2.16. The first kappa shape index (κ1) is 16.8. The van der Waals surface area contributed by atoms with Crippen molar-refractivity contribution >= 4 is 23.4 Å². The molecule has 0 bridgehead atoms. The van der Waals surface area contributed by atoms with Crippen LogP contribution in [-0.2, 0) is 10.2 Å². The highest BCUT2D eigenvalue weighted by atomic mass is 16.2. The van der Waals surface area contributed by atoms with Crippen molar-refractivity contribution in [3.63, 3.8) is 0 Å². The van der Waals surface area contributed by atoms with Crippen LogP contribution >= 0.6 is 0 Å². The van der Waals surface area contributed by atoms with E-state index in [1.807, 2.05) is 20.8 Å². The van der Waals surface area contributed by atoms with Gasteiger partial charge in [-0.25, -0.2) is 9.97 Å². The number of hydrogen-bond donors (Lipinski definition) is 1. The number of fused-ring (bicyclic) bond motifs is 1. The quantitative estimate of drug-likeness (QED) is 0.864. The molecule has 0 aliphatic carbocycles. The highest BCUT2D eigenvalue weighted by Crippen LogP contribution is 2.22. The van der Waals surface area contributed by atoms with Crippen LogP contribution in [0.4, 0.5) is 5.69 Å². The van der Waals surface area contributed by atoms with Crippen molar-refractivity contribution in [1.82, 2.24) is 14.9 Å². The van der Waals surface area contributed by atoms with Crippen LogP contribution < -0.4 is 5.32 Å². The molecule has 0 atom stereocenters. The van der Waals surface area contributed by atoms with Gasteiger partial charge in [0.1, 0.15) is 12.4 Å². The lowest BCUT2D eigenvalue weighted by atomic mass is 9.96. The number of nitrogens with one attached hydrogen (secondary N) is 1. The van der Waals surface area contributed by atoms with Crippen molar-refractivity contribution in [3.05, 3.63) is 53.6 Å². The van der Waals surface area contributed by atoms with Gasteiger partial charge in [-0.1, -0.05) is 32.9 Å². The minimum absolute atomic E-state index is 0.192. The van der Waals surface area contributed by atoms with Crippen LogP contribution in [0.2, 0.25) is 0 Å². The third-order valence-corrected chi connectivity index (χ3v) is 3.79. The summed E-state index contributed by atoms with van der Waals surface area (Å²) in [7, 11) is 0. The Balaban J connectivity index is 1.68. The molecule has 0 fully saturated rings. The number of carbonyl (C=O) groups is 3. The van der Waals surface area contributed by atoms with Gasteiger partial charge in [0.25, 0.3) is 11.8 Å². The Morgan fingerprint density at radius 1 is 1.04 bits per heavy atom. The van der Waals surface area contributed by atoms with Crippen LogP contribution in [-0.4, -0.2) is 39.1 Å². The van der Waals surface area contributed by atoms with E-state index in [4.69, 9.17) is 0 Å². The van der Waals surface area contributed by atoms with Gasteiger partial charge in [0.15, 0.2) is 0 Å². The fourth-order valence-corrected chi connectivity index (χ4v) is 2.51. The Bertz CT molecular complexity index is 818. The highest BCUT2D eigenvalue weighted by molar-refractivity contribution is 6.22. The number of imide groups is 1. The highest BCUT2D eigenvalue weighted by Gasteiger charge is 2.36. The molecule has 7 heteroatoms. The van der Waals surface area contributed by atoms with Gasteiger partial charge >= 0.3 is 0 Å². The SMILES string of the molecule is CC(C)(C)c1ncc(NC(=O)CN2C(=O)c3ccccc3C2=O)cn1. The minimum Gasteiger partial charge on any atom is -0.322 e. The first-order valence-electron chi connectivity index (χ1n) is 7.85. The van der Waals surface area contributed by atoms with E-state index in [0.717, 1.165) is 4.90 Å². The smallest absolute Gasteiger partial charge is 0.262 e. The number of nitrogens with zero attached hydrogens (tertiary/aromatic N) is 3. The lowest BCUT2D eigenvalue weighted by Crippen LogP contribution is -2.37. The molecule has 1 aliphatic heterocycles. The molecule has 2 aromatic rings. The maximum atomic E-state index is 12.3. The molecule has 1 N–H and O–H groups in total. The molecule has 25 heavy (non-hydrogen) atoms. The molecule has 3 amide bonds. The van der Waals surface area contributed by atoms with Gasteiger partial charge in [-0.3, -0.25) is 19.3 Å². The first-order chi connectivity index (χ1) is 11.8. The van der Waals surface area contributed by atoms with Crippen LogP contribution in [0.15, 0.2) is 36.7 Å². The Hall–Kier alpha value is -3.09. The molecule has 0 spiro atoms. The van der Waals surface area contributed by atoms with Crippen LogP contribution in [0.5, 0.6) is 0 Å². The first-order valence-corrected chi connectivity index (χ1v) is 7.85. The molecule has 128 valence electrons. The van der Waals surface area contributed by atoms with Crippen LogP contribution in [0.1, 0.15) is 47.3 Å². The molecule has 0 saturated heterocycles. The molecule has 0 unspecified atom stereocenters. The van der Waals surface area contributed by atoms with E-state index in [2.05, 4.69) is 15.3 Å². The van der Waals surface area contributed by atoms with E-state index in [-0.39, 0.29) is 12.0 Å². The summed E-state index contributed by atoms with van der Waals surface area (Å²) in [5.74, 6) is -0.752. The molecule has 0 radical (unpaired) electrons. The van der Waals surface area contributed by atoms with Crippen molar-refractivity contribution < 1.29 is 14.4 Å². The lowest BCUT2D eigenvalue weighted by molar-refractivity contribution is -0.116. The standard InChI is InChI=1S/C18H18N4O3/c1-18(2,3)17-19-8-11(9-20-17)21-14(23)10-22-15(24)12-6-4-5-7-13(12)16(22)25/h4-9H,10H2,1-3H3,(H,21,23). The van der Waals surface area contributed by atoms with Crippen LogP contribution in [0, 0.1) is 0 Å². The second-order valence-corrected chi connectivity index (χ2v) is 6.84. The molecule has 0 saturated carbocycles. The monoisotopic (exact) mass is 338 g/mol. The number of aromatic nitrogens is 2. The summed E-state index contributed by atoms with van der Waals surface area (Å²) in [6.45, 7) is 5.61. The molecule has 1 aliphatic rings. The zero-order chi connectivity index (χ0) is 18.2. The Morgan fingerprint density at radius 3 is 2.04 bits per heavy atom. The Labute approximate surface area is 145 Å². The fraction of sp³-hybridized carbons (Fsp3) is 0.278. The summed E-state index contributed by atoms with van der Waals surface area (Å²) in [5.41, 5.74) is 0.855. The molecular weight excluding hydrogens is 320 g/mol. The number of benzene rings is 1. The van der Waals surface area contributed by atoms with Gasteiger partial charge in [0.2, 0.25) is 5.91 Å². The number of anilines is 1. The number of carbonyl (C=O) groups excluding carboxylic acids is 3. The molecule has 1 aromatic heterocycles. The predicted molar refractivity (Wildman–Crippen MR) is 91.2 cm³/mol. The van der Waals surface area contributed by atoms with Gasteiger partial charge in [0.05, 0.1) is 29.2 Å². The Kier molecular flexibility index (Phi) is 4.08. The molecule has 3 rings (SSSR count). The van der Waals surface area contributed by atoms with Crippen molar-refractivity contribution in [3.8, 4) is 0 Å². The summed E-state index contributed by atoms with van der Waals surface area (Å²) in [6, 6.07) is 6.52. The maximum absolute atomic E-state index is 12.3. The average molecular weight is 338 g/mol. The number of amides is 3. The van der Waals surface area contributed by atoms with Gasteiger partial charge in [-0.15, -0.1) is 0 Å².